The summed E-state index contributed by atoms with van der Waals surface area (Å²) in [5.41, 5.74) is 11.4. The molecule has 0 amide bonds. The first-order chi connectivity index (χ1) is 18.7. The first-order valence-corrected chi connectivity index (χ1v) is 12.8. The lowest BCUT2D eigenvalue weighted by molar-refractivity contribution is 1.25. The smallest absolute Gasteiger partial charge is 0.0893 e. The van der Waals surface area contributed by atoms with Gasteiger partial charge in [0.25, 0.3) is 0 Å². The van der Waals surface area contributed by atoms with Crippen molar-refractivity contribution in [3.8, 4) is 45.0 Å². The van der Waals surface area contributed by atoms with Crippen LogP contribution in [0.2, 0.25) is 0 Å². The molecule has 0 saturated carbocycles. The molecule has 0 atom stereocenters. The van der Waals surface area contributed by atoms with E-state index in [0.717, 1.165) is 45.3 Å². The molecule has 0 radical (unpaired) electrons. The van der Waals surface area contributed by atoms with Gasteiger partial charge in [0.05, 0.1) is 22.8 Å². The highest BCUT2D eigenvalue weighted by Gasteiger charge is 2.10. The van der Waals surface area contributed by atoms with Gasteiger partial charge in [-0.25, -0.2) is 9.97 Å². The molecule has 0 unspecified atom stereocenters. The number of aromatic nitrogens is 2. The van der Waals surface area contributed by atoms with Crippen molar-refractivity contribution in [3.05, 3.63) is 145 Å². The van der Waals surface area contributed by atoms with E-state index in [4.69, 9.17) is 9.97 Å². The Morgan fingerprint density at radius 2 is 1.00 bits per heavy atom. The van der Waals surface area contributed by atoms with E-state index in [-0.39, 0.29) is 0 Å². The van der Waals surface area contributed by atoms with Crippen LogP contribution in [0, 0.1) is 6.92 Å². The maximum atomic E-state index is 4.98. The van der Waals surface area contributed by atoms with Crippen LogP contribution in [-0.2, 0) is 0 Å². The summed E-state index contributed by atoms with van der Waals surface area (Å²) >= 11 is 0. The minimum Gasteiger partial charge on any atom is -0.355 e. The van der Waals surface area contributed by atoms with Crippen LogP contribution in [0.4, 0.5) is 11.4 Å². The van der Waals surface area contributed by atoms with Crippen molar-refractivity contribution in [1.82, 2.24) is 9.97 Å². The molecule has 0 bridgehead atoms. The molecule has 182 valence electrons. The number of hydrogen-bond acceptors (Lipinski definition) is 3. The Bertz CT molecular complexity index is 1710. The molecule has 2 aromatic heterocycles. The van der Waals surface area contributed by atoms with E-state index in [0.29, 0.717) is 0 Å². The molecular formula is C35H27N3. The van der Waals surface area contributed by atoms with Crippen molar-refractivity contribution >= 4 is 11.4 Å². The molecule has 6 rings (SSSR count). The third-order valence-electron chi connectivity index (χ3n) is 6.63. The third kappa shape index (κ3) is 4.95. The first kappa shape index (κ1) is 23.4. The zero-order chi connectivity index (χ0) is 25.7. The number of aryl methyl sites for hydroxylation is 1. The van der Waals surface area contributed by atoms with E-state index < -0.39 is 0 Å². The molecule has 0 aliphatic carbocycles. The summed E-state index contributed by atoms with van der Waals surface area (Å²) < 4.78 is 0. The SMILES string of the molecule is Cc1ccccc1-c1ccccc1Nc1cccc(-c2cccc(-c3cccc(-c4ccccc4)n3)n2)c1. The van der Waals surface area contributed by atoms with Gasteiger partial charge in [-0.05, 0) is 60.5 Å². The van der Waals surface area contributed by atoms with Crippen LogP contribution in [0.15, 0.2) is 140 Å². The molecule has 0 aliphatic rings. The molecule has 6 aromatic rings. The van der Waals surface area contributed by atoms with Crippen LogP contribution in [0.25, 0.3) is 45.0 Å². The number of benzene rings is 4. The zero-order valence-electron chi connectivity index (χ0n) is 21.2. The lowest BCUT2D eigenvalue weighted by atomic mass is 9.99. The highest BCUT2D eigenvalue weighted by atomic mass is 14.9. The number of pyridine rings is 2. The van der Waals surface area contributed by atoms with E-state index in [2.05, 4.69) is 97.2 Å². The first-order valence-electron chi connectivity index (χ1n) is 12.8. The highest BCUT2D eigenvalue weighted by Crippen LogP contribution is 2.33. The van der Waals surface area contributed by atoms with Crippen molar-refractivity contribution in [2.75, 3.05) is 5.32 Å². The Kier molecular flexibility index (Phi) is 6.48. The summed E-state index contributed by atoms with van der Waals surface area (Å²) in [5.74, 6) is 0. The van der Waals surface area contributed by atoms with Crippen molar-refractivity contribution in [2.45, 2.75) is 6.92 Å². The molecule has 1 N–H and O–H groups in total. The Hall–Kier alpha value is -5.02. The predicted octanol–water partition coefficient (Wildman–Crippen LogP) is 9.20. The summed E-state index contributed by atoms with van der Waals surface area (Å²) in [4.78, 5) is 9.87. The Balaban J connectivity index is 1.31. The second-order valence-corrected chi connectivity index (χ2v) is 9.25. The molecule has 0 fully saturated rings. The fraction of sp³-hybridized carbons (Fsp3) is 0.0286. The van der Waals surface area contributed by atoms with E-state index in [9.17, 15) is 0 Å². The maximum Gasteiger partial charge on any atom is 0.0893 e. The Labute approximate surface area is 223 Å². The summed E-state index contributed by atoms with van der Waals surface area (Å²) in [6.07, 6.45) is 0. The Morgan fingerprint density at radius 3 is 1.74 bits per heavy atom. The van der Waals surface area contributed by atoms with Gasteiger partial charge in [-0.1, -0.05) is 97.1 Å². The number of hydrogen-bond donors (Lipinski definition) is 1. The van der Waals surface area contributed by atoms with Crippen molar-refractivity contribution in [1.29, 1.82) is 0 Å². The third-order valence-corrected chi connectivity index (χ3v) is 6.63. The van der Waals surface area contributed by atoms with Gasteiger partial charge in [-0.3, -0.25) is 0 Å². The fourth-order valence-electron chi connectivity index (χ4n) is 4.70. The molecule has 3 heteroatoms. The lowest BCUT2D eigenvalue weighted by Gasteiger charge is -2.15. The molecule has 4 aromatic carbocycles. The highest BCUT2D eigenvalue weighted by molar-refractivity contribution is 5.83. The Morgan fingerprint density at radius 1 is 0.447 bits per heavy atom. The average molecular weight is 490 g/mol. The van der Waals surface area contributed by atoms with Crippen LogP contribution < -0.4 is 5.32 Å². The van der Waals surface area contributed by atoms with Crippen LogP contribution in [0.5, 0.6) is 0 Å². The summed E-state index contributed by atoms with van der Waals surface area (Å²) in [6, 6.07) is 47.7. The lowest BCUT2D eigenvalue weighted by Crippen LogP contribution is -1.95. The largest absolute Gasteiger partial charge is 0.355 e. The predicted molar refractivity (Wildman–Crippen MR) is 158 cm³/mol. The van der Waals surface area contributed by atoms with E-state index in [1.165, 1.54) is 16.7 Å². The van der Waals surface area contributed by atoms with Crippen LogP contribution in [-0.4, -0.2) is 9.97 Å². The van der Waals surface area contributed by atoms with Crippen LogP contribution in [0.3, 0.4) is 0 Å². The number of anilines is 2. The summed E-state index contributed by atoms with van der Waals surface area (Å²) in [6.45, 7) is 2.15. The van der Waals surface area contributed by atoms with Crippen LogP contribution in [0.1, 0.15) is 5.56 Å². The standard InChI is InChI=1S/C35H27N3/c1-25-12-5-6-17-29(25)30-18-7-8-19-33(30)36-28-16-9-15-27(24-28)32-21-11-23-35(38-32)34-22-10-20-31(37-34)26-13-3-2-4-14-26/h2-24,36H,1H3. The molecular weight excluding hydrogens is 462 g/mol. The minimum atomic E-state index is 0.851. The topological polar surface area (TPSA) is 37.8 Å². The van der Waals surface area contributed by atoms with E-state index >= 15 is 0 Å². The van der Waals surface area contributed by atoms with Gasteiger partial charge in [0.15, 0.2) is 0 Å². The quantitative estimate of drug-likeness (QED) is 0.253. The maximum absolute atomic E-state index is 4.98. The van der Waals surface area contributed by atoms with Gasteiger partial charge in [0.2, 0.25) is 0 Å². The molecule has 0 aliphatic heterocycles. The second kappa shape index (κ2) is 10.5. The number of para-hydroxylation sites is 1. The molecule has 0 spiro atoms. The molecule has 2 heterocycles. The van der Waals surface area contributed by atoms with Crippen molar-refractivity contribution in [3.63, 3.8) is 0 Å². The van der Waals surface area contributed by atoms with Gasteiger partial charge >= 0.3 is 0 Å². The summed E-state index contributed by atoms with van der Waals surface area (Å²) in [5, 5.41) is 3.64. The van der Waals surface area contributed by atoms with Crippen LogP contribution >= 0.6 is 0 Å². The van der Waals surface area contributed by atoms with Gasteiger partial charge in [0.1, 0.15) is 0 Å². The normalized spacial score (nSPS) is 10.8. The van der Waals surface area contributed by atoms with E-state index in [1.807, 2.05) is 54.6 Å². The monoisotopic (exact) mass is 489 g/mol. The number of nitrogens with one attached hydrogen (secondary N) is 1. The minimum absolute atomic E-state index is 0.851. The molecule has 3 nitrogen and oxygen atoms in total. The second-order valence-electron chi connectivity index (χ2n) is 9.25. The molecule has 38 heavy (non-hydrogen) atoms. The number of rotatable bonds is 6. The van der Waals surface area contributed by atoms with Crippen molar-refractivity contribution < 1.29 is 0 Å². The zero-order valence-corrected chi connectivity index (χ0v) is 21.2. The molecule has 0 saturated heterocycles. The summed E-state index contributed by atoms with van der Waals surface area (Å²) in [7, 11) is 0. The van der Waals surface area contributed by atoms with Gasteiger partial charge in [-0.2, -0.15) is 0 Å². The van der Waals surface area contributed by atoms with Gasteiger partial charge in [-0.15, -0.1) is 0 Å². The average Bonchev–Trinajstić information content (AvgIpc) is 2.99. The van der Waals surface area contributed by atoms with Gasteiger partial charge < -0.3 is 5.32 Å². The number of nitrogens with zero attached hydrogens (tertiary/aromatic N) is 2. The van der Waals surface area contributed by atoms with E-state index in [1.54, 1.807) is 0 Å². The van der Waals surface area contributed by atoms with Gasteiger partial charge in [0, 0.05) is 28.1 Å². The van der Waals surface area contributed by atoms with Crippen molar-refractivity contribution in [2.24, 2.45) is 0 Å². The fourth-order valence-corrected chi connectivity index (χ4v) is 4.70.